The van der Waals surface area contributed by atoms with Gasteiger partial charge in [-0.1, -0.05) is 0 Å². The molecule has 1 aliphatic heterocycles. The van der Waals surface area contributed by atoms with Crippen molar-refractivity contribution >= 4 is 19.4 Å². The minimum atomic E-state index is -0.256. The van der Waals surface area contributed by atoms with Crippen LogP contribution in [0.15, 0.2) is 0 Å². The predicted molar refractivity (Wildman–Crippen MR) is 43.4 cm³/mol. The molecule has 1 atom stereocenters. The standard InChI is InChI=1S/C6H11BN2O2/c7-6(11)9-4-1-2-8-3-5(4)10/h4,8H,1-3,7H2,(H,9,11). The molecular formula is C6H11BN2O2. The maximum atomic E-state index is 11.1. The van der Waals surface area contributed by atoms with E-state index in [4.69, 9.17) is 0 Å². The van der Waals surface area contributed by atoms with Gasteiger partial charge < -0.3 is 10.6 Å². The smallest absolute Gasteiger partial charge is 0.215 e. The van der Waals surface area contributed by atoms with Crippen LogP contribution in [0.3, 0.4) is 0 Å². The molecule has 2 N–H and O–H groups in total. The molecule has 11 heavy (non-hydrogen) atoms. The summed E-state index contributed by atoms with van der Waals surface area (Å²) in [6.07, 6.45) is 0.707. The van der Waals surface area contributed by atoms with Crippen LogP contribution in [0.4, 0.5) is 4.79 Å². The molecule has 0 aromatic heterocycles. The topological polar surface area (TPSA) is 58.2 Å². The van der Waals surface area contributed by atoms with E-state index in [9.17, 15) is 9.59 Å². The highest BCUT2D eigenvalue weighted by Gasteiger charge is 2.21. The number of carbonyl (C=O) groups excluding carboxylic acids is 2. The summed E-state index contributed by atoms with van der Waals surface area (Å²) in [6, 6.07) is -0.256. The molecule has 1 unspecified atom stereocenters. The molecule has 1 rings (SSSR count). The number of ketones is 1. The number of hydrogen-bond donors (Lipinski definition) is 2. The molecule has 1 heterocycles. The highest BCUT2D eigenvalue weighted by Crippen LogP contribution is 1.97. The van der Waals surface area contributed by atoms with Gasteiger partial charge >= 0.3 is 0 Å². The summed E-state index contributed by atoms with van der Waals surface area (Å²) < 4.78 is 0. The number of rotatable bonds is 1. The van der Waals surface area contributed by atoms with Crippen LogP contribution in [0.25, 0.3) is 0 Å². The Hall–Kier alpha value is -0.835. The van der Waals surface area contributed by atoms with Crippen LogP contribution in [0.2, 0.25) is 0 Å². The second-order valence-corrected chi connectivity index (χ2v) is 2.68. The first kappa shape index (κ1) is 8.26. The van der Waals surface area contributed by atoms with Gasteiger partial charge in [-0.05, 0) is 13.0 Å². The lowest BCUT2D eigenvalue weighted by Crippen LogP contribution is -2.49. The Morgan fingerprint density at radius 3 is 3.00 bits per heavy atom. The molecule has 0 spiro atoms. The average molecular weight is 154 g/mol. The van der Waals surface area contributed by atoms with Crippen LogP contribution in [0.5, 0.6) is 0 Å². The summed E-state index contributed by atoms with van der Waals surface area (Å²) in [5, 5.41) is 5.54. The maximum absolute atomic E-state index is 11.1. The monoisotopic (exact) mass is 154 g/mol. The van der Waals surface area contributed by atoms with Gasteiger partial charge in [0.15, 0.2) is 11.6 Å². The second-order valence-electron chi connectivity index (χ2n) is 2.68. The predicted octanol–water partition coefficient (Wildman–Crippen LogP) is -1.74. The zero-order chi connectivity index (χ0) is 8.27. The summed E-state index contributed by atoms with van der Waals surface area (Å²) in [5.41, 5.74) is 0. The first-order valence-corrected chi connectivity index (χ1v) is 3.70. The molecule has 1 amide bonds. The first-order chi connectivity index (χ1) is 5.20. The van der Waals surface area contributed by atoms with E-state index < -0.39 is 0 Å². The number of nitrogens with one attached hydrogen (secondary N) is 2. The van der Waals surface area contributed by atoms with E-state index in [-0.39, 0.29) is 17.6 Å². The van der Waals surface area contributed by atoms with E-state index >= 15 is 0 Å². The van der Waals surface area contributed by atoms with Crippen molar-refractivity contribution in [1.29, 1.82) is 0 Å². The van der Waals surface area contributed by atoms with Crippen LogP contribution in [0, 0.1) is 0 Å². The second kappa shape index (κ2) is 3.53. The third kappa shape index (κ3) is 2.34. The SMILES string of the molecule is BC(=O)NC1CCNCC1=O. The Morgan fingerprint density at radius 1 is 1.73 bits per heavy atom. The Labute approximate surface area is 66.1 Å². The molecular weight excluding hydrogens is 143 g/mol. The minimum absolute atomic E-state index is 0.0754. The largest absolute Gasteiger partial charge is 0.355 e. The van der Waals surface area contributed by atoms with Gasteiger partial charge in [-0.15, -0.1) is 0 Å². The molecule has 0 saturated carbocycles. The number of hydrogen-bond acceptors (Lipinski definition) is 3. The summed E-state index contributed by atoms with van der Waals surface area (Å²) >= 11 is 0. The van der Waals surface area contributed by atoms with Crippen LogP contribution >= 0.6 is 0 Å². The molecule has 0 radical (unpaired) electrons. The quantitative estimate of drug-likeness (QED) is 0.441. The average Bonchev–Trinajstić information content (AvgIpc) is 1.93. The lowest BCUT2D eigenvalue weighted by molar-refractivity contribution is -0.121. The van der Waals surface area contributed by atoms with Crippen molar-refractivity contribution in [2.24, 2.45) is 0 Å². The Balaban J connectivity index is 2.42. The zero-order valence-corrected chi connectivity index (χ0v) is 6.52. The lowest BCUT2D eigenvalue weighted by atomic mass is 10.0. The van der Waals surface area contributed by atoms with E-state index in [1.807, 2.05) is 0 Å². The number of amides is 1. The van der Waals surface area contributed by atoms with E-state index in [0.717, 1.165) is 6.54 Å². The molecule has 60 valence electrons. The minimum Gasteiger partial charge on any atom is -0.355 e. The molecule has 0 aliphatic carbocycles. The van der Waals surface area contributed by atoms with Crippen LogP contribution < -0.4 is 10.6 Å². The van der Waals surface area contributed by atoms with Crippen LogP contribution in [-0.2, 0) is 4.79 Å². The summed E-state index contributed by atoms with van der Waals surface area (Å²) in [4.78, 5) is 21.6. The maximum Gasteiger partial charge on any atom is 0.215 e. The van der Waals surface area contributed by atoms with Crippen molar-refractivity contribution in [3.05, 3.63) is 0 Å². The van der Waals surface area contributed by atoms with Crippen molar-refractivity contribution in [3.63, 3.8) is 0 Å². The molecule has 4 nitrogen and oxygen atoms in total. The fourth-order valence-corrected chi connectivity index (χ4v) is 1.14. The molecule has 1 fully saturated rings. The van der Waals surface area contributed by atoms with E-state index in [1.54, 1.807) is 0 Å². The summed E-state index contributed by atoms with van der Waals surface area (Å²) in [7, 11) is 1.43. The van der Waals surface area contributed by atoms with Crippen LogP contribution in [0.1, 0.15) is 6.42 Å². The Morgan fingerprint density at radius 2 is 2.45 bits per heavy atom. The molecule has 0 aromatic carbocycles. The molecule has 1 saturated heterocycles. The summed E-state index contributed by atoms with van der Waals surface area (Å²) in [6.45, 7) is 1.18. The Bertz CT molecular complexity index is 183. The van der Waals surface area contributed by atoms with Gasteiger partial charge in [-0.25, -0.2) is 0 Å². The highest BCUT2D eigenvalue weighted by molar-refractivity contribution is 6.57. The van der Waals surface area contributed by atoms with Gasteiger partial charge in [0.1, 0.15) is 0 Å². The van der Waals surface area contributed by atoms with E-state index in [2.05, 4.69) is 10.6 Å². The van der Waals surface area contributed by atoms with E-state index in [0.29, 0.717) is 13.0 Å². The Kier molecular flexibility index (Phi) is 2.65. The number of Topliss-reactive ketones (excluding diaryl/α,β-unsaturated/α-hetero) is 1. The van der Waals surface area contributed by atoms with Gasteiger partial charge in [0.2, 0.25) is 7.85 Å². The third-order valence-electron chi connectivity index (χ3n) is 1.68. The fraction of sp³-hybridized carbons (Fsp3) is 0.667. The number of carbonyl (C=O) groups is 2. The normalized spacial score (nSPS) is 24.7. The zero-order valence-electron chi connectivity index (χ0n) is 6.52. The first-order valence-electron chi connectivity index (χ1n) is 3.70. The summed E-state index contributed by atoms with van der Waals surface area (Å²) in [5.74, 6) is -0.0586. The van der Waals surface area contributed by atoms with Crippen molar-refractivity contribution in [2.45, 2.75) is 12.5 Å². The molecule has 0 bridgehead atoms. The van der Waals surface area contributed by atoms with E-state index in [1.165, 1.54) is 7.85 Å². The van der Waals surface area contributed by atoms with Gasteiger partial charge in [-0.2, -0.15) is 0 Å². The van der Waals surface area contributed by atoms with Crippen molar-refractivity contribution in [1.82, 2.24) is 10.6 Å². The van der Waals surface area contributed by atoms with Gasteiger partial charge in [-0.3, -0.25) is 9.59 Å². The van der Waals surface area contributed by atoms with Crippen LogP contribution in [-0.4, -0.2) is 38.6 Å². The van der Waals surface area contributed by atoms with Crippen molar-refractivity contribution in [2.75, 3.05) is 13.1 Å². The molecule has 5 heteroatoms. The van der Waals surface area contributed by atoms with Gasteiger partial charge in [0.05, 0.1) is 12.6 Å². The molecule has 1 aliphatic rings. The van der Waals surface area contributed by atoms with Crippen molar-refractivity contribution in [3.8, 4) is 0 Å². The number of piperidine rings is 1. The van der Waals surface area contributed by atoms with Crippen molar-refractivity contribution < 1.29 is 9.59 Å². The fourth-order valence-electron chi connectivity index (χ4n) is 1.14. The van der Waals surface area contributed by atoms with Gasteiger partial charge in [0.25, 0.3) is 0 Å². The molecule has 0 aromatic rings. The third-order valence-corrected chi connectivity index (χ3v) is 1.68. The highest BCUT2D eigenvalue weighted by atomic mass is 16.2. The van der Waals surface area contributed by atoms with Gasteiger partial charge in [0, 0.05) is 0 Å². The lowest BCUT2D eigenvalue weighted by Gasteiger charge is -2.21.